The van der Waals surface area contributed by atoms with Crippen molar-refractivity contribution >= 4 is 5.97 Å². The Kier molecular flexibility index (Phi) is 4.86. The molecule has 1 atom stereocenters. The number of morpholine rings is 1. The van der Waals surface area contributed by atoms with E-state index in [2.05, 4.69) is 15.0 Å². The summed E-state index contributed by atoms with van der Waals surface area (Å²) in [6.45, 7) is 3.45. The van der Waals surface area contributed by atoms with Gasteiger partial charge in [0.25, 0.3) is 0 Å². The molecule has 1 saturated heterocycles. The average Bonchev–Trinajstić information content (AvgIpc) is 2.19. The lowest BCUT2D eigenvalue weighted by molar-refractivity contribution is -0.143. The number of hydrogen-bond donors (Lipinski definition) is 1. The van der Waals surface area contributed by atoms with Crippen molar-refractivity contribution in [3.8, 4) is 0 Å². The first kappa shape index (κ1) is 11.4. The standard InChI is InChI=1S/C9H18N2O3/c1-10-5-8-6-11(3-4-14-8)7-9(12)13-2/h8,10H,3-7H2,1-2H3. The zero-order chi connectivity index (χ0) is 10.4. The normalized spacial score (nSPS) is 23.4. The first-order chi connectivity index (χ1) is 6.76. The van der Waals surface area contributed by atoms with Gasteiger partial charge in [0.05, 0.1) is 26.4 Å². The Hall–Kier alpha value is -0.650. The Balaban J connectivity index is 2.28. The number of nitrogens with zero attached hydrogens (tertiary/aromatic N) is 1. The van der Waals surface area contributed by atoms with Gasteiger partial charge in [-0.1, -0.05) is 0 Å². The molecule has 0 saturated carbocycles. The molecule has 5 nitrogen and oxygen atoms in total. The summed E-state index contributed by atoms with van der Waals surface area (Å²) in [5.41, 5.74) is 0. The fourth-order valence-electron chi connectivity index (χ4n) is 1.52. The van der Waals surface area contributed by atoms with Crippen LogP contribution in [0.5, 0.6) is 0 Å². The first-order valence-corrected chi connectivity index (χ1v) is 4.81. The molecule has 14 heavy (non-hydrogen) atoms. The highest BCUT2D eigenvalue weighted by atomic mass is 16.5. The molecule has 0 amide bonds. The molecule has 0 aromatic heterocycles. The lowest BCUT2D eigenvalue weighted by Gasteiger charge is -2.31. The smallest absolute Gasteiger partial charge is 0.319 e. The van der Waals surface area contributed by atoms with Crippen molar-refractivity contribution in [2.24, 2.45) is 0 Å². The number of likely N-dealkylation sites (N-methyl/N-ethyl adjacent to an activating group) is 1. The Morgan fingerprint density at radius 3 is 3.14 bits per heavy atom. The highest BCUT2D eigenvalue weighted by molar-refractivity contribution is 5.71. The molecule has 0 aliphatic carbocycles. The minimum atomic E-state index is -0.185. The van der Waals surface area contributed by atoms with E-state index in [4.69, 9.17) is 4.74 Å². The van der Waals surface area contributed by atoms with Crippen LogP contribution in [0.4, 0.5) is 0 Å². The Morgan fingerprint density at radius 2 is 2.50 bits per heavy atom. The summed E-state index contributed by atoms with van der Waals surface area (Å²) in [6.07, 6.45) is 0.179. The van der Waals surface area contributed by atoms with Crippen molar-refractivity contribution in [3.63, 3.8) is 0 Å². The molecular formula is C9H18N2O3. The zero-order valence-electron chi connectivity index (χ0n) is 8.78. The number of hydrogen-bond acceptors (Lipinski definition) is 5. The van der Waals surface area contributed by atoms with Crippen LogP contribution in [0.3, 0.4) is 0 Å². The number of nitrogens with one attached hydrogen (secondary N) is 1. The van der Waals surface area contributed by atoms with Crippen molar-refractivity contribution in [1.82, 2.24) is 10.2 Å². The van der Waals surface area contributed by atoms with Gasteiger partial charge < -0.3 is 14.8 Å². The maximum absolute atomic E-state index is 11.0. The van der Waals surface area contributed by atoms with Crippen molar-refractivity contribution in [3.05, 3.63) is 0 Å². The summed E-state index contributed by atoms with van der Waals surface area (Å²) in [5, 5.41) is 3.06. The molecule has 1 N–H and O–H groups in total. The summed E-state index contributed by atoms with van der Waals surface area (Å²) in [5.74, 6) is -0.185. The van der Waals surface area contributed by atoms with Gasteiger partial charge in [-0.3, -0.25) is 9.69 Å². The third kappa shape index (κ3) is 3.61. The van der Waals surface area contributed by atoms with E-state index in [9.17, 15) is 4.79 Å². The third-order valence-corrected chi connectivity index (χ3v) is 2.24. The molecule has 82 valence electrons. The van der Waals surface area contributed by atoms with Crippen molar-refractivity contribution < 1.29 is 14.3 Å². The Labute approximate surface area is 84.4 Å². The van der Waals surface area contributed by atoms with Gasteiger partial charge in [-0.25, -0.2) is 0 Å². The molecule has 0 radical (unpaired) electrons. The van der Waals surface area contributed by atoms with Crippen LogP contribution in [-0.2, 0) is 14.3 Å². The maximum Gasteiger partial charge on any atom is 0.319 e. The molecule has 1 fully saturated rings. The molecule has 1 aliphatic rings. The third-order valence-electron chi connectivity index (χ3n) is 2.24. The van der Waals surface area contributed by atoms with Crippen LogP contribution in [0.2, 0.25) is 0 Å². The lowest BCUT2D eigenvalue weighted by Crippen LogP contribution is -2.47. The molecule has 1 unspecified atom stereocenters. The minimum absolute atomic E-state index is 0.179. The number of carbonyl (C=O) groups excluding carboxylic acids is 1. The molecular weight excluding hydrogens is 184 g/mol. The van der Waals surface area contributed by atoms with Crippen LogP contribution in [0, 0.1) is 0 Å². The second-order valence-corrected chi connectivity index (χ2v) is 3.36. The van der Waals surface area contributed by atoms with Crippen molar-refractivity contribution in [1.29, 1.82) is 0 Å². The minimum Gasteiger partial charge on any atom is -0.468 e. The lowest BCUT2D eigenvalue weighted by atomic mass is 10.2. The van der Waals surface area contributed by atoms with Gasteiger partial charge in [0.2, 0.25) is 0 Å². The van der Waals surface area contributed by atoms with E-state index in [0.29, 0.717) is 13.2 Å². The quantitative estimate of drug-likeness (QED) is 0.597. The van der Waals surface area contributed by atoms with Crippen LogP contribution in [0.15, 0.2) is 0 Å². The number of rotatable bonds is 4. The highest BCUT2D eigenvalue weighted by Gasteiger charge is 2.21. The Morgan fingerprint density at radius 1 is 1.71 bits per heavy atom. The monoisotopic (exact) mass is 202 g/mol. The van der Waals surface area contributed by atoms with Gasteiger partial charge in [0, 0.05) is 19.6 Å². The molecule has 1 rings (SSSR count). The van der Waals surface area contributed by atoms with E-state index in [1.54, 1.807) is 0 Å². The van der Waals surface area contributed by atoms with Gasteiger partial charge in [0.1, 0.15) is 0 Å². The fraction of sp³-hybridized carbons (Fsp3) is 0.889. The SMILES string of the molecule is CNCC1CN(CC(=O)OC)CCO1. The van der Waals surface area contributed by atoms with Gasteiger partial charge in [-0.05, 0) is 7.05 Å². The predicted molar refractivity (Wildman–Crippen MR) is 52.1 cm³/mol. The fourth-order valence-corrected chi connectivity index (χ4v) is 1.52. The second-order valence-electron chi connectivity index (χ2n) is 3.36. The van der Waals surface area contributed by atoms with Crippen molar-refractivity contribution in [2.75, 3.05) is 46.9 Å². The van der Waals surface area contributed by atoms with E-state index < -0.39 is 0 Å². The number of carbonyl (C=O) groups is 1. The molecule has 0 aromatic rings. The predicted octanol–water partition coefficient (Wildman–Crippen LogP) is -0.920. The molecule has 5 heteroatoms. The molecule has 0 aromatic carbocycles. The first-order valence-electron chi connectivity index (χ1n) is 4.81. The average molecular weight is 202 g/mol. The van der Waals surface area contributed by atoms with Crippen LogP contribution in [-0.4, -0.2) is 63.9 Å². The number of methoxy groups -OCH3 is 1. The van der Waals surface area contributed by atoms with E-state index in [0.717, 1.165) is 19.6 Å². The molecule has 0 spiro atoms. The molecule has 1 aliphatic heterocycles. The van der Waals surface area contributed by atoms with Gasteiger partial charge in [-0.15, -0.1) is 0 Å². The maximum atomic E-state index is 11.0. The summed E-state index contributed by atoms with van der Waals surface area (Å²) >= 11 is 0. The highest BCUT2D eigenvalue weighted by Crippen LogP contribution is 2.03. The number of ether oxygens (including phenoxy) is 2. The molecule has 0 bridgehead atoms. The number of esters is 1. The van der Waals surface area contributed by atoms with E-state index in [1.807, 2.05) is 7.05 Å². The summed E-state index contributed by atoms with van der Waals surface area (Å²) < 4.78 is 10.1. The van der Waals surface area contributed by atoms with E-state index >= 15 is 0 Å². The summed E-state index contributed by atoms with van der Waals surface area (Å²) in [4.78, 5) is 13.1. The van der Waals surface area contributed by atoms with E-state index in [-0.39, 0.29) is 12.1 Å². The van der Waals surface area contributed by atoms with Crippen LogP contribution >= 0.6 is 0 Å². The second kappa shape index (κ2) is 5.95. The van der Waals surface area contributed by atoms with Gasteiger partial charge in [-0.2, -0.15) is 0 Å². The van der Waals surface area contributed by atoms with E-state index in [1.165, 1.54) is 7.11 Å². The summed E-state index contributed by atoms with van der Waals surface area (Å²) in [7, 11) is 3.30. The Bertz CT molecular complexity index is 185. The summed E-state index contributed by atoms with van der Waals surface area (Å²) in [6, 6.07) is 0. The topological polar surface area (TPSA) is 50.8 Å². The van der Waals surface area contributed by atoms with Crippen LogP contribution in [0.25, 0.3) is 0 Å². The van der Waals surface area contributed by atoms with Crippen molar-refractivity contribution in [2.45, 2.75) is 6.10 Å². The zero-order valence-corrected chi connectivity index (χ0v) is 8.78. The van der Waals surface area contributed by atoms with Gasteiger partial charge >= 0.3 is 5.97 Å². The largest absolute Gasteiger partial charge is 0.468 e. The van der Waals surface area contributed by atoms with Gasteiger partial charge in [0.15, 0.2) is 0 Å². The molecule has 1 heterocycles. The van der Waals surface area contributed by atoms with Crippen LogP contribution < -0.4 is 5.32 Å². The van der Waals surface area contributed by atoms with Crippen LogP contribution in [0.1, 0.15) is 0 Å².